The third-order valence-corrected chi connectivity index (χ3v) is 8.93. The fraction of sp³-hybridized carbons (Fsp3) is 0.351. The van der Waals surface area contributed by atoms with Crippen molar-refractivity contribution < 1.29 is 19.2 Å². The van der Waals surface area contributed by atoms with Gasteiger partial charge in [-0.05, 0) is 67.4 Å². The van der Waals surface area contributed by atoms with Gasteiger partial charge in [0.05, 0.1) is 0 Å². The Kier molecular flexibility index (Phi) is 9.12. The summed E-state index contributed by atoms with van der Waals surface area (Å²) in [5, 5.41) is 6.87. The number of imide groups is 2. The first kappa shape index (κ1) is 29.7. The highest BCUT2D eigenvalue weighted by Crippen LogP contribution is 2.31. The van der Waals surface area contributed by atoms with Crippen molar-refractivity contribution in [2.45, 2.75) is 57.8 Å². The fourth-order valence-corrected chi connectivity index (χ4v) is 6.63. The molecule has 0 bridgehead atoms. The molecule has 0 fully saturated rings. The first-order chi connectivity index (χ1) is 21.6. The largest absolute Gasteiger partial charge is 0.317 e. The van der Waals surface area contributed by atoms with Crippen LogP contribution in [0.1, 0.15) is 99.2 Å². The zero-order valence-corrected chi connectivity index (χ0v) is 25.1. The van der Waals surface area contributed by atoms with E-state index in [0.29, 0.717) is 35.3 Å². The topological polar surface area (TPSA) is 86.8 Å². The van der Waals surface area contributed by atoms with Crippen molar-refractivity contribution in [3.63, 3.8) is 0 Å². The molecule has 6 rings (SSSR count). The summed E-state index contributed by atoms with van der Waals surface area (Å²) in [5.41, 5.74) is 2.48. The molecule has 44 heavy (non-hydrogen) atoms. The molecule has 7 nitrogen and oxygen atoms in total. The number of rotatable bonds is 15. The maximum absolute atomic E-state index is 13.0. The molecule has 0 aromatic heterocycles. The maximum Gasteiger partial charge on any atom is 0.261 e. The summed E-state index contributed by atoms with van der Waals surface area (Å²) in [6.45, 7) is 2.58. The van der Waals surface area contributed by atoms with Crippen LogP contribution in [0.5, 0.6) is 0 Å². The van der Waals surface area contributed by atoms with Crippen LogP contribution in [0.4, 0.5) is 0 Å². The molecule has 0 aliphatic carbocycles. The van der Waals surface area contributed by atoms with E-state index in [1.165, 1.54) is 29.1 Å². The molecule has 0 saturated carbocycles. The Balaban J connectivity index is 0.809. The molecule has 226 valence electrons. The number of hydrogen-bond acceptors (Lipinski definition) is 5. The van der Waals surface area contributed by atoms with Gasteiger partial charge in [0, 0.05) is 46.1 Å². The number of amides is 4. The molecule has 0 saturated heterocycles. The van der Waals surface area contributed by atoms with Gasteiger partial charge in [-0.3, -0.25) is 29.0 Å². The summed E-state index contributed by atoms with van der Waals surface area (Å²) in [6.07, 6.45) is 9.47. The molecule has 2 heterocycles. The number of carbonyl (C=O) groups is 4. The van der Waals surface area contributed by atoms with E-state index in [9.17, 15) is 19.2 Å². The second-order valence-electron chi connectivity index (χ2n) is 11.9. The number of nitrogens with zero attached hydrogens (tertiary/aromatic N) is 2. The number of hydrogen-bond donors (Lipinski definition) is 1. The molecule has 4 aromatic rings. The lowest BCUT2D eigenvalue weighted by Gasteiger charge is -2.27. The summed E-state index contributed by atoms with van der Waals surface area (Å²) in [6, 6.07) is 22.5. The van der Waals surface area contributed by atoms with Gasteiger partial charge < -0.3 is 5.32 Å². The van der Waals surface area contributed by atoms with Gasteiger partial charge in [-0.1, -0.05) is 87.1 Å². The van der Waals surface area contributed by atoms with Gasteiger partial charge in [0.15, 0.2) is 0 Å². The average Bonchev–Trinajstić information content (AvgIpc) is 3.05. The molecule has 1 N–H and O–H groups in total. The van der Waals surface area contributed by atoms with Crippen molar-refractivity contribution in [3.05, 3.63) is 95.1 Å². The van der Waals surface area contributed by atoms with Gasteiger partial charge in [-0.2, -0.15) is 0 Å². The molecule has 0 spiro atoms. The molecule has 2 aliphatic heterocycles. The lowest BCUT2D eigenvalue weighted by atomic mass is 9.94. The quantitative estimate of drug-likeness (QED) is 0.119. The van der Waals surface area contributed by atoms with Crippen LogP contribution in [0.25, 0.3) is 21.5 Å². The van der Waals surface area contributed by atoms with Crippen LogP contribution in [0, 0.1) is 0 Å². The van der Waals surface area contributed by atoms with Gasteiger partial charge in [0.1, 0.15) is 0 Å². The van der Waals surface area contributed by atoms with E-state index >= 15 is 0 Å². The van der Waals surface area contributed by atoms with Gasteiger partial charge >= 0.3 is 0 Å². The zero-order chi connectivity index (χ0) is 30.5. The van der Waals surface area contributed by atoms with Gasteiger partial charge in [0.2, 0.25) is 0 Å². The predicted octanol–water partition coefficient (Wildman–Crippen LogP) is 6.99. The van der Waals surface area contributed by atoms with Crippen molar-refractivity contribution >= 4 is 45.2 Å². The summed E-state index contributed by atoms with van der Waals surface area (Å²) in [7, 11) is 0. The molecule has 2 aliphatic rings. The Labute approximate surface area is 258 Å². The van der Waals surface area contributed by atoms with Crippen molar-refractivity contribution in [2.24, 2.45) is 0 Å². The molecule has 4 amide bonds. The highest BCUT2D eigenvalue weighted by molar-refractivity contribution is 6.26. The first-order valence-corrected chi connectivity index (χ1v) is 16.0. The van der Waals surface area contributed by atoms with E-state index in [1.54, 1.807) is 0 Å². The van der Waals surface area contributed by atoms with Crippen molar-refractivity contribution in [1.29, 1.82) is 0 Å². The summed E-state index contributed by atoms with van der Waals surface area (Å²) >= 11 is 0. The van der Waals surface area contributed by atoms with Gasteiger partial charge in [-0.25, -0.2) is 0 Å². The molecule has 0 unspecified atom stereocenters. The Morgan fingerprint density at radius 1 is 0.409 bits per heavy atom. The lowest BCUT2D eigenvalue weighted by molar-refractivity contribution is 0.0593. The van der Waals surface area contributed by atoms with Crippen molar-refractivity contribution in [2.75, 3.05) is 26.2 Å². The Bertz CT molecular complexity index is 1500. The second kappa shape index (κ2) is 13.5. The lowest BCUT2D eigenvalue weighted by Crippen LogP contribution is -2.41. The van der Waals surface area contributed by atoms with E-state index in [1.807, 2.05) is 72.8 Å². The molecular weight excluding hydrogens is 550 g/mol. The van der Waals surface area contributed by atoms with E-state index in [4.69, 9.17) is 0 Å². The van der Waals surface area contributed by atoms with Crippen molar-refractivity contribution in [3.8, 4) is 0 Å². The molecule has 7 heteroatoms. The highest BCUT2D eigenvalue weighted by Gasteiger charge is 2.33. The van der Waals surface area contributed by atoms with Gasteiger partial charge in [-0.15, -0.1) is 0 Å². The minimum absolute atomic E-state index is 0.176. The monoisotopic (exact) mass is 589 g/mol. The minimum Gasteiger partial charge on any atom is -0.317 e. The second-order valence-corrected chi connectivity index (χ2v) is 11.9. The summed E-state index contributed by atoms with van der Waals surface area (Å²) < 4.78 is 0. The van der Waals surface area contributed by atoms with E-state index < -0.39 is 0 Å². The van der Waals surface area contributed by atoms with Crippen LogP contribution in [-0.2, 0) is 0 Å². The van der Waals surface area contributed by atoms with Crippen LogP contribution in [0.15, 0.2) is 72.8 Å². The smallest absolute Gasteiger partial charge is 0.261 e. The molecule has 0 atom stereocenters. The highest BCUT2D eigenvalue weighted by atomic mass is 16.2. The van der Waals surface area contributed by atoms with Crippen molar-refractivity contribution in [1.82, 2.24) is 15.1 Å². The van der Waals surface area contributed by atoms with E-state index in [0.717, 1.165) is 73.2 Å². The third kappa shape index (κ3) is 5.89. The number of unbranched alkanes of at least 4 members (excludes halogenated alkanes) is 7. The summed E-state index contributed by atoms with van der Waals surface area (Å²) in [5.74, 6) is -0.747. The van der Waals surface area contributed by atoms with Crippen LogP contribution >= 0.6 is 0 Å². The van der Waals surface area contributed by atoms with Crippen LogP contribution in [-0.4, -0.2) is 59.6 Å². The minimum atomic E-state index is -0.198. The Morgan fingerprint density at radius 2 is 0.750 bits per heavy atom. The van der Waals surface area contributed by atoms with Crippen LogP contribution < -0.4 is 5.32 Å². The molecular formula is C37H39N3O4. The van der Waals surface area contributed by atoms with Crippen LogP contribution in [0.2, 0.25) is 0 Å². The maximum atomic E-state index is 13.0. The fourth-order valence-electron chi connectivity index (χ4n) is 6.63. The summed E-state index contributed by atoms with van der Waals surface area (Å²) in [4.78, 5) is 54.8. The number of carbonyl (C=O) groups excluding carboxylic acids is 4. The van der Waals surface area contributed by atoms with E-state index in [2.05, 4.69) is 5.32 Å². The standard InChI is InChI=1S/C37H39N3O4/c41-34-28-18-9-14-26-15-10-19-29(32(26)28)35(42)39(34)24-8-6-4-2-1-3-5-7-22-38-23-13-25-40-36(43)30-20-11-16-27-17-12-21-31(33(27)30)37(40)44/h9-12,14-21,38H,1-8,13,22-25H2. The number of nitrogens with one attached hydrogen (secondary N) is 1. The normalized spacial score (nSPS) is 14.4. The molecule has 0 radical (unpaired) electrons. The zero-order valence-electron chi connectivity index (χ0n) is 25.1. The third-order valence-electron chi connectivity index (χ3n) is 8.93. The SMILES string of the molecule is O=C1c2cccc3cccc(c23)C(=O)N1CCCCCCCCCCNCCCN1C(=O)c2cccc3cccc(c23)C1=O. The van der Waals surface area contributed by atoms with E-state index in [-0.39, 0.29) is 23.6 Å². The predicted molar refractivity (Wildman–Crippen MR) is 173 cm³/mol. The van der Waals surface area contributed by atoms with Crippen LogP contribution in [0.3, 0.4) is 0 Å². The Morgan fingerprint density at radius 3 is 1.18 bits per heavy atom. The molecule has 4 aromatic carbocycles. The van der Waals surface area contributed by atoms with Gasteiger partial charge in [0.25, 0.3) is 23.6 Å². The Hall–Kier alpha value is -4.36. The number of benzene rings is 4. The average molecular weight is 590 g/mol. The first-order valence-electron chi connectivity index (χ1n) is 16.0.